The molecule has 1 fully saturated rings. The molecule has 0 spiro atoms. The van der Waals surface area contributed by atoms with Gasteiger partial charge >= 0.3 is 0 Å². The lowest BCUT2D eigenvalue weighted by molar-refractivity contribution is -0.121. The van der Waals surface area contributed by atoms with Crippen LogP contribution in [0.15, 0.2) is 53.4 Å². The number of carbonyl (C=O) groups is 1. The van der Waals surface area contributed by atoms with Gasteiger partial charge in [-0.05, 0) is 43.2 Å². The molecule has 0 saturated carbocycles. The van der Waals surface area contributed by atoms with Crippen LogP contribution in [0.4, 0.5) is 4.39 Å². The lowest BCUT2D eigenvalue weighted by Crippen LogP contribution is -2.44. The maximum absolute atomic E-state index is 12.9. The number of rotatable bonds is 8. The number of piperidine rings is 1. The summed E-state index contributed by atoms with van der Waals surface area (Å²) in [6.45, 7) is 2.81. The summed E-state index contributed by atoms with van der Waals surface area (Å²) in [6, 6.07) is 14.7. The van der Waals surface area contributed by atoms with Gasteiger partial charge < -0.3 is 10.1 Å². The van der Waals surface area contributed by atoms with Crippen molar-refractivity contribution in [3.8, 4) is 5.75 Å². The van der Waals surface area contributed by atoms with E-state index < -0.39 is 0 Å². The van der Waals surface area contributed by atoms with Crippen LogP contribution in [0.25, 0.3) is 0 Å². The highest BCUT2D eigenvalue weighted by Crippen LogP contribution is 2.22. The van der Waals surface area contributed by atoms with E-state index in [1.165, 1.54) is 17.7 Å². The Morgan fingerprint density at radius 2 is 1.89 bits per heavy atom. The van der Waals surface area contributed by atoms with Crippen LogP contribution in [0.1, 0.15) is 24.8 Å². The molecule has 1 aliphatic rings. The smallest absolute Gasteiger partial charge is 0.221 e. The average Bonchev–Trinajstić information content (AvgIpc) is 2.71. The fourth-order valence-corrected chi connectivity index (χ4v) is 4.25. The zero-order valence-corrected chi connectivity index (χ0v) is 17.0. The van der Waals surface area contributed by atoms with Gasteiger partial charge in [0.2, 0.25) is 5.91 Å². The number of ether oxygens (including phenoxy) is 1. The molecule has 0 aliphatic carbocycles. The zero-order valence-electron chi connectivity index (χ0n) is 16.2. The molecule has 1 saturated heterocycles. The third-order valence-electron chi connectivity index (χ3n) is 4.95. The highest BCUT2D eigenvalue weighted by Gasteiger charge is 2.21. The fourth-order valence-electron chi connectivity index (χ4n) is 3.40. The summed E-state index contributed by atoms with van der Waals surface area (Å²) in [5, 5.41) is 3.16. The van der Waals surface area contributed by atoms with Gasteiger partial charge in [0.05, 0.1) is 7.11 Å². The summed E-state index contributed by atoms with van der Waals surface area (Å²) in [6.07, 6.45) is 2.40. The van der Waals surface area contributed by atoms with E-state index in [-0.39, 0.29) is 17.8 Å². The van der Waals surface area contributed by atoms with Crippen molar-refractivity contribution in [1.29, 1.82) is 0 Å². The summed E-state index contributed by atoms with van der Waals surface area (Å²) in [4.78, 5) is 15.6. The first-order valence-corrected chi connectivity index (χ1v) is 10.6. The van der Waals surface area contributed by atoms with Crippen LogP contribution >= 0.6 is 11.8 Å². The Morgan fingerprint density at radius 1 is 1.18 bits per heavy atom. The number of hydrogen-bond acceptors (Lipinski definition) is 4. The number of carbonyl (C=O) groups excluding carboxylic acids is 1. The molecular formula is C22H27FN2O2S. The first-order chi connectivity index (χ1) is 13.6. The van der Waals surface area contributed by atoms with Crippen molar-refractivity contribution in [2.75, 3.05) is 26.0 Å². The van der Waals surface area contributed by atoms with Crippen LogP contribution < -0.4 is 10.1 Å². The summed E-state index contributed by atoms with van der Waals surface area (Å²) >= 11 is 1.58. The monoisotopic (exact) mass is 402 g/mol. The Bertz CT molecular complexity index is 761. The second-order valence-corrected chi connectivity index (χ2v) is 8.15. The molecule has 0 aromatic heterocycles. The largest absolute Gasteiger partial charge is 0.496 e. The number of benzene rings is 2. The maximum atomic E-state index is 12.9. The third-order valence-corrected chi connectivity index (χ3v) is 5.96. The first-order valence-electron chi connectivity index (χ1n) is 9.66. The van der Waals surface area contributed by atoms with Gasteiger partial charge in [0.15, 0.2) is 0 Å². The molecule has 3 rings (SSSR count). The molecule has 0 unspecified atom stereocenters. The minimum absolute atomic E-state index is 0.0952. The molecule has 150 valence electrons. The molecule has 2 aromatic rings. The molecule has 0 radical (unpaired) electrons. The second kappa shape index (κ2) is 10.5. The summed E-state index contributed by atoms with van der Waals surface area (Å²) in [5.41, 5.74) is 1.20. The standard InChI is InChI=1S/C22H27FN2O2S/c1-27-21-5-3-2-4-17(21)16-25-13-10-19(11-14-25)24-22(26)12-15-28-20-8-6-18(23)7-9-20/h2-9,19H,10-16H2,1H3,(H,24,26). The predicted octanol–water partition coefficient (Wildman–Crippen LogP) is 4.10. The lowest BCUT2D eigenvalue weighted by atomic mass is 10.0. The van der Waals surface area contributed by atoms with E-state index >= 15 is 0 Å². The van der Waals surface area contributed by atoms with Crippen LogP contribution in [0.2, 0.25) is 0 Å². The van der Waals surface area contributed by atoms with Crippen molar-refractivity contribution in [2.45, 2.75) is 36.7 Å². The van der Waals surface area contributed by atoms with Gasteiger partial charge in [-0.25, -0.2) is 4.39 Å². The van der Waals surface area contributed by atoms with E-state index in [9.17, 15) is 9.18 Å². The number of likely N-dealkylation sites (tertiary alicyclic amines) is 1. The molecule has 0 atom stereocenters. The number of amides is 1. The molecule has 1 heterocycles. The minimum Gasteiger partial charge on any atom is -0.496 e. The van der Waals surface area contributed by atoms with Gasteiger partial charge in [0.25, 0.3) is 0 Å². The molecular weight excluding hydrogens is 375 g/mol. The first kappa shape index (κ1) is 20.7. The number of halogens is 1. The van der Waals surface area contributed by atoms with Crippen molar-refractivity contribution in [1.82, 2.24) is 10.2 Å². The van der Waals surface area contributed by atoms with Gasteiger partial charge in [-0.2, -0.15) is 0 Å². The molecule has 1 N–H and O–H groups in total. The number of para-hydroxylation sites is 1. The van der Waals surface area contributed by atoms with Crippen LogP contribution in [0.3, 0.4) is 0 Å². The van der Waals surface area contributed by atoms with Gasteiger partial charge in [0.1, 0.15) is 11.6 Å². The molecule has 6 heteroatoms. The molecule has 4 nitrogen and oxygen atoms in total. The predicted molar refractivity (Wildman–Crippen MR) is 111 cm³/mol. The van der Waals surface area contributed by atoms with Gasteiger partial charge in [-0.3, -0.25) is 9.69 Å². The summed E-state index contributed by atoms with van der Waals surface area (Å²) in [7, 11) is 1.70. The Balaban J connectivity index is 1.35. The van der Waals surface area contributed by atoms with Crippen molar-refractivity contribution in [2.24, 2.45) is 0 Å². The highest BCUT2D eigenvalue weighted by molar-refractivity contribution is 7.99. The van der Waals surface area contributed by atoms with Crippen molar-refractivity contribution in [3.05, 3.63) is 59.9 Å². The Morgan fingerprint density at radius 3 is 2.61 bits per heavy atom. The second-order valence-electron chi connectivity index (χ2n) is 6.98. The molecule has 28 heavy (non-hydrogen) atoms. The normalized spacial score (nSPS) is 15.4. The van der Waals surface area contributed by atoms with E-state index in [0.717, 1.165) is 43.1 Å². The van der Waals surface area contributed by atoms with E-state index in [0.29, 0.717) is 12.2 Å². The molecule has 1 aliphatic heterocycles. The number of hydrogen-bond donors (Lipinski definition) is 1. The molecule has 0 bridgehead atoms. The number of nitrogens with zero attached hydrogens (tertiary/aromatic N) is 1. The molecule has 1 amide bonds. The van der Waals surface area contributed by atoms with E-state index in [1.54, 1.807) is 31.0 Å². The SMILES string of the molecule is COc1ccccc1CN1CCC(NC(=O)CCSc2ccc(F)cc2)CC1. The van der Waals surface area contributed by atoms with Crippen LogP contribution in [0.5, 0.6) is 5.75 Å². The fraction of sp³-hybridized carbons (Fsp3) is 0.409. The quantitative estimate of drug-likeness (QED) is 0.675. The Kier molecular flexibility index (Phi) is 7.74. The van der Waals surface area contributed by atoms with Crippen molar-refractivity contribution in [3.63, 3.8) is 0 Å². The zero-order chi connectivity index (χ0) is 19.8. The van der Waals surface area contributed by atoms with Crippen LogP contribution in [-0.2, 0) is 11.3 Å². The maximum Gasteiger partial charge on any atom is 0.221 e. The van der Waals surface area contributed by atoms with Gasteiger partial charge in [0, 0.05) is 48.3 Å². The Hall–Kier alpha value is -2.05. The van der Waals surface area contributed by atoms with Gasteiger partial charge in [-0.15, -0.1) is 11.8 Å². The lowest BCUT2D eigenvalue weighted by Gasteiger charge is -2.32. The summed E-state index contributed by atoms with van der Waals surface area (Å²) < 4.78 is 18.3. The van der Waals surface area contributed by atoms with E-state index in [2.05, 4.69) is 16.3 Å². The van der Waals surface area contributed by atoms with Crippen LogP contribution in [-0.4, -0.2) is 42.8 Å². The number of nitrogens with one attached hydrogen (secondary N) is 1. The minimum atomic E-state index is -0.237. The number of thioether (sulfide) groups is 1. The third kappa shape index (κ3) is 6.24. The van der Waals surface area contributed by atoms with Crippen molar-refractivity contribution < 1.29 is 13.9 Å². The highest BCUT2D eigenvalue weighted by atomic mass is 32.2. The van der Waals surface area contributed by atoms with E-state index in [1.807, 2.05) is 18.2 Å². The number of methoxy groups -OCH3 is 1. The topological polar surface area (TPSA) is 41.6 Å². The average molecular weight is 403 g/mol. The summed E-state index contributed by atoms with van der Waals surface area (Å²) in [5.74, 6) is 1.48. The van der Waals surface area contributed by atoms with E-state index in [4.69, 9.17) is 4.74 Å². The molecule has 2 aromatic carbocycles. The van der Waals surface area contributed by atoms with Crippen LogP contribution in [0, 0.1) is 5.82 Å². The van der Waals surface area contributed by atoms with Gasteiger partial charge in [-0.1, -0.05) is 18.2 Å². The van der Waals surface area contributed by atoms with Crippen molar-refractivity contribution >= 4 is 17.7 Å². The Labute approximate surface area is 170 Å².